The van der Waals surface area contributed by atoms with E-state index in [4.69, 9.17) is 10.0 Å². The summed E-state index contributed by atoms with van der Waals surface area (Å²) in [6, 6.07) is 3.48. The van der Waals surface area contributed by atoms with Crippen LogP contribution >= 0.6 is 0 Å². The predicted octanol–water partition coefficient (Wildman–Crippen LogP) is -0.812. The van der Waals surface area contributed by atoms with Crippen LogP contribution in [0.1, 0.15) is 6.92 Å². The van der Waals surface area contributed by atoms with E-state index in [0.29, 0.717) is 5.59 Å². The van der Waals surface area contributed by atoms with E-state index in [1.807, 2.05) is 13.1 Å². The van der Waals surface area contributed by atoms with Crippen molar-refractivity contribution in [3.8, 4) is 0 Å². The van der Waals surface area contributed by atoms with Gasteiger partial charge in [-0.05, 0) is 19.1 Å². The van der Waals surface area contributed by atoms with Gasteiger partial charge in [-0.2, -0.15) is 0 Å². The van der Waals surface area contributed by atoms with Gasteiger partial charge in [-0.15, -0.1) is 0 Å². The van der Waals surface area contributed by atoms with Crippen molar-refractivity contribution in [2.45, 2.75) is 13.5 Å². The molecule has 2 N–H and O–H groups in total. The Bertz CT molecular complexity index is 209. The van der Waals surface area contributed by atoms with E-state index in [1.165, 1.54) is 0 Å². The lowest BCUT2D eigenvalue weighted by Gasteiger charge is -2.03. The zero-order valence-corrected chi connectivity index (χ0v) is 5.86. The standard InChI is InChI=1S/C6H10BNO2/c1-2-8-5-3-4-6(8)7(9)10/h3-5,9-10H,2H2,1H3. The summed E-state index contributed by atoms with van der Waals surface area (Å²) in [5.41, 5.74) is 0.544. The largest absolute Gasteiger partial charge is 0.505 e. The fourth-order valence-electron chi connectivity index (χ4n) is 0.950. The molecule has 54 valence electrons. The number of nitrogens with zero attached hydrogens (tertiary/aromatic N) is 1. The van der Waals surface area contributed by atoms with Gasteiger partial charge in [0.25, 0.3) is 0 Å². The quantitative estimate of drug-likeness (QED) is 0.526. The summed E-state index contributed by atoms with van der Waals surface area (Å²) < 4.78 is 1.78. The van der Waals surface area contributed by atoms with Gasteiger partial charge in [-0.3, -0.25) is 0 Å². The van der Waals surface area contributed by atoms with E-state index >= 15 is 0 Å². The molecule has 3 nitrogen and oxygen atoms in total. The van der Waals surface area contributed by atoms with Crippen LogP contribution in [0.5, 0.6) is 0 Å². The van der Waals surface area contributed by atoms with E-state index in [2.05, 4.69) is 0 Å². The molecule has 0 atom stereocenters. The number of aryl methyl sites for hydroxylation is 1. The average Bonchev–Trinajstić information content (AvgIpc) is 2.33. The Morgan fingerprint density at radius 1 is 1.60 bits per heavy atom. The van der Waals surface area contributed by atoms with Crippen LogP contribution in [0.3, 0.4) is 0 Å². The Kier molecular flexibility index (Phi) is 2.14. The lowest BCUT2D eigenvalue weighted by Crippen LogP contribution is -2.35. The first kappa shape index (κ1) is 7.37. The van der Waals surface area contributed by atoms with Gasteiger partial charge in [0, 0.05) is 18.3 Å². The van der Waals surface area contributed by atoms with E-state index in [-0.39, 0.29) is 0 Å². The topological polar surface area (TPSA) is 45.4 Å². The summed E-state index contributed by atoms with van der Waals surface area (Å²) in [7, 11) is -1.35. The Morgan fingerprint density at radius 3 is 2.70 bits per heavy atom. The van der Waals surface area contributed by atoms with E-state index in [1.54, 1.807) is 16.7 Å². The fourth-order valence-corrected chi connectivity index (χ4v) is 0.950. The zero-order chi connectivity index (χ0) is 7.56. The molecule has 0 aromatic carbocycles. The Balaban J connectivity index is 2.90. The van der Waals surface area contributed by atoms with Gasteiger partial charge in [-0.25, -0.2) is 0 Å². The molecule has 1 aromatic heterocycles. The maximum absolute atomic E-state index is 8.76. The van der Waals surface area contributed by atoms with Crippen LogP contribution in [-0.4, -0.2) is 21.7 Å². The molecule has 0 bridgehead atoms. The van der Waals surface area contributed by atoms with Crippen molar-refractivity contribution in [2.75, 3.05) is 0 Å². The molecule has 0 unspecified atom stereocenters. The summed E-state index contributed by atoms with van der Waals surface area (Å²) >= 11 is 0. The van der Waals surface area contributed by atoms with Crippen molar-refractivity contribution >= 4 is 12.7 Å². The van der Waals surface area contributed by atoms with Crippen LogP contribution in [0.25, 0.3) is 0 Å². The summed E-state index contributed by atoms with van der Waals surface area (Å²) in [4.78, 5) is 0. The van der Waals surface area contributed by atoms with Crippen LogP contribution in [0.15, 0.2) is 18.3 Å². The molecule has 0 saturated heterocycles. The third-order valence-electron chi connectivity index (χ3n) is 1.47. The van der Waals surface area contributed by atoms with Crippen molar-refractivity contribution in [2.24, 2.45) is 0 Å². The summed E-state index contributed by atoms with van der Waals surface area (Å²) in [6.07, 6.45) is 1.81. The van der Waals surface area contributed by atoms with Crippen molar-refractivity contribution in [3.63, 3.8) is 0 Å². The summed E-state index contributed by atoms with van der Waals surface area (Å²) in [6.45, 7) is 2.71. The van der Waals surface area contributed by atoms with E-state index in [9.17, 15) is 0 Å². The monoisotopic (exact) mass is 139 g/mol. The minimum absolute atomic E-state index is 0.544. The molecule has 0 aliphatic carbocycles. The van der Waals surface area contributed by atoms with Gasteiger partial charge < -0.3 is 14.6 Å². The molecular formula is C6H10BNO2. The molecule has 0 radical (unpaired) electrons. The number of hydrogen-bond acceptors (Lipinski definition) is 2. The molecule has 1 heterocycles. The smallest absolute Gasteiger partial charge is 0.422 e. The lowest BCUT2D eigenvalue weighted by atomic mass is 9.86. The molecule has 0 aliphatic rings. The van der Waals surface area contributed by atoms with Crippen LogP contribution in [0.2, 0.25) is 0 Å². The minimum atomic E-state index is -1.35. The van der Waals surface area contributed by atoms with Crippen LogP contribution in [-0.2, 0) is 6.54 Å². The molecule has 4 heteroatoms. The average molecular weight is 139 g/mol. The van der Waals surface area contributed by atoms with E-state index in [0.717, 1.165) is 6.54 Å². The normalized spacial score (nSPS) is 9.90. The predicted molar refractivity (Wildman–Crippen MR) is 39.9 cm³/mol. The first-order valence-electron chi connectivity index (χ1n) is 3.27. The molecule has 0 saturated carbocycles. The van der Waals surface area contributed by atoms with Crippen molar-refractivity contribution in [1.29, 1.82) is 0 Å². The molecule has 0 spiro atoms. The number of rotatable bonds is 2. The van der Waals surface area contributed by atoms with Crippen LogP contribution < -0.4 is 5.59 Å². The molecular weight excluding hydrogens is 129 g/mol. The lowest BCUT2D eigenvalue weighted by molar-refractivity contribution is 0.422. The first-order valence-corrected chi connectivity index (χ1v) is 3.27. The van der Waals surface area contributed by atoms with Crippen molar-refractivity contribution in [3.05, 3.63) is 18.3 Å². The SMILES string of the molecule is CCn1cccc1B(O)O. The molecule has 1 aromatic rings. The highest BCUT2D eigenvalue weighted by atomic mass is 16.4. The Labute approximate surface area is 60.1 Å². The molecule has 0 fully saturated rings. The number of aromatic nitrogens is 1. The second-order valence-corrected chi connectivity index (χ2v) is 2.09. The number of hydrogen-bond donors (Lipinski definition) is 2. The Morgan fingerprint density at radius 2 is 2.30 bits per heavy atom. The third kappa shape index (κ3) is 1.22. The van der Waals surface area contributed by atoms with Gasteiger partial charge in [0.15, 0.2) is 0 Å². The van der Waals surface area contributed by atoms with Gasteiger partial charge >= 0.3 is 7.12 Å². The highest BCUT2D eigenvalue weighted by Gasteiger charge is 2.13. The molecule has 0 aliphatic heterocycles. The van der Waals surface area contributed by atoms with Gasteiger partial charge in [0.2, 0.25) is 0 Å². The second-order valence-electron chi connectivity index (χ2n) is 2.09. The maximum Gasteiger partial charge on any atom is 0.505 e. The molecule has 10 heavy (non-hydrogen) atoms. The van der Waals surface area contributed by atoms with Crippen molar-refractivity contribution < 1.29 is 10.0 Å². The third-order valence-corrected chi connectivity index (χ3v) is 1.47. The van der Waals surface area contributed by atoms with Gasteiger partial charge in [-0.1, -0.05) is 0 Å². The zero-order valence-electron chi connectivity index (χ0n) is 5.86. The van der Waals surface area contributed by atoms with Gasteiger partial charge in [0.05, 0.1) is 0 Å². The highest BCUT2D eigenvalue weighted by molar-refractivity contribution is 6.57. The summed E-state index contributed by atoms with van der Waals surface area (Å²) in [5, 5.41) is 17.5. The van der Waals surface area contributed by atoms with Crippen LogP contribution in [0, 0.1) is 0 Å². The maximum atomic E-state index is 8.76. The van der Waals surface area contributed by atoms with Gasteiger partial charge in [0.1, 0.15) is 0 Å². The fraction of sp³-hybridized carbons (Fsp3) is 0.333. The van der Waals surface area contributed by atoms with Crippen molar-refractivity contribution in [1.82, 2.24) is 4.57 Å². The Hall–Kier alpha value is -0.735. The highest BCUT2D eigenvalue weighted by Crippen LogP contribution is 1.87. The first-order chi connectivity index (χ1) is 4.75. The minimum Gasteiger partial charge on any atom is -0.422 e. The van der Waals surface area contributed by atoms with E-state index < -0.39 is 7.12 Å². The molecule has 1 rings (SSSR count). The van der Waals surface area contributed by atoms with Crippen LogP contribution in [0.4, 0.5) is 0 Å². The summed E-state index contributed by atoms with van der Waals surface area (Å²) in [5.74, 6) is 0. The second kappa shape index (κ2) is 2.90. The molecule has 0 amide bonds.